The Balaban J connectivity index is 1.89. The highest BCUT2D eigenvalue weighted by molar-refractivity contribution is 7.98. The van der Waals surface area contributed by atoms with Crippen molar-refractivity contribution in [1.29, 1.82) is 0 Å². The summed E-state index contributed by atoms with van der Waals surface area (Å²) in [7, 11) is 0. The lowest BCUT2D eigenvalue weighted by molar-refractivity contribution is -0.131. The molecular weight excluding hydrogens is 202 g/mol. The molecule has 0 aromatic carbocycles. The summed E-state index contributed by atoms with van der Waals surface area (Å²) in [5, 5.41) is 0.370. The first kappa shape index (κ1) is 9.98. The second kappa shape index (κ2) is 4.31. The van der Waals surface area contributed by atoms with Crippen LogP contribution in [-0.4, -0.2) is 34.6 Å². The summed E-state index contributed by atoms with van der Waals surface area (Å²) in [4.78, 5) is 22.6. The van der Waals surface area contributed by atoms with Crippen molar-refractivity contribution in [1.82, 2.24) is 4.31 Å². The van der Waals surface area contributed by atoms with Crippen molar-refractivity contribution in [3.05, 3.63) is 0 Å². The molecule has 2 aliphatic rings. The molecule has 4 nitrogen and oxygen atoms in total. The molecule has 2 saturated heterocycles. The number of ether oxygens (including phenoxy) is 1. The molecule has 2 fully saturated rings. The van der Waals surface area contributed by atoms with Gasteiger partial charge in [-0.3, -0.25) is 9.59 Å². The molecule has 0 atom stereocenters. The zero-order valence-corrected chi connectivity index (χ0v) is 8.72. The van der Waals surface area contributed by atoms with Crippen LogP contribution in [0.5, 0.6) is 0 Å². The Bertz CT molecular complexity index is 234. The largest absolute Gasteiger partial charge is 0.381 e. The van der Waals surface area contributed by atoms with Gasteiger partial charge < -0.3 is 4.74 Å². The first-order valence-electron chi connectivity index (χ1n) is 4.87. The summed E-state index contributed by atoms with van der Waals surface area (Å²) in [5.74, 6) is -0.0713. The highest BCUT2D eigenvalue weighted by Crippen LogP contribution is 2.29. The summed E-state index contributed by atoms with van der Waals surface area (Å²) in [6.45, 7) is 1.49. The maximum atomic E-state index is 11.3. The number of imide groups is 1. The normalized spacial score (nSPS) is 24.7. The van der Waals surface area contributed by atoms with Gasteiger partial charge in [0, 0.05) is 31.3 Å². The van der Waals surface area contributed by atoms with Gasteiger partial charge >= 0.3 is 0 Å². The van der Waals surface area contributed by atoms with E-state index in [2.05, 4.69) is 0 Å². The molecule has 5 heteroatoms. The number of carbonyl (C=O) groups is 2. The van der Waals surface area contributed by atoms with Crippen molar-refractivity contribution in [2.45, 2.75) is 30.9 Å². The van der Waals surface area contributed by atoms with E-state index in [-0.39, 0.29) is 11.8 Å². The molecule has 0 N–H and O–H groups in total. The molecule has 0 bridgehead atoms. The van der Waals surface area contributed by atoms with Gasteiger partial charge in [-0.2, -0.15) is 0 Å². The topological polar surface area (TPSA) is 46.6 Å². The third-order valence-electron chi connectivity index (χ3n) is 2.43. The number of amides is 2. The maximum absolute atomic E-state index is 11.3. The lowest BCUT2D eigenvalue weighted by Crippen LogP contribution is -2.28. The van der Waals surface area contributed by atoms with Crippen molar-refractivity contribution in [3.8, 4) is 0 Å². The Morgan fingerprint density at radius 3 is 2.29 bits per heavy atom. The highest BCUT2D eigenvalue weighted by atomic mass is 32.2. The molecule has 0 aromatic heterocycles. The minimum atomic E-state index is -0.0357. The van der Waals surface area contributed by atoms with E-state index in [4.69, 9.17) is 4.74 Å². The smallest absolute Gasteiger partial charge is 0.239 e. The van der Waals surface area contributed by atoms with E-state index in [0.717, 1.165) is 26.1 Å². The van der Waals surface area contributed by atoms with Gasteiger partial charge in [0.1, 0.15) is 0 Å². The fourth-order valence-electron chi connectivity index (χ4n) is 1.60. The van der Waals surface area contributed by atoms with E-state index in [0.29, 0.717) is 18.1 Å². The fourth-order valence-corrected chi connectivity index (χ4v) is 2.72. The minimum Gasteiger partial charge on any atom is -0.381 e. The Morgan fingerprint density at radius 2 is 1.71 bits per heavy atom. The van der Waals surface area contributed by atoms with E-state index in [1.807, 2.05) is 0 Å². The fraction of sp³-hybridized carbons (Fsp3) is 0.778. The summed E-state index contributed by atoms with van der Waals surface area (Å²) >= 11 is 1.40. The zero-order chi connectivity index (χ0) is 9.97. The van der Waals surface area contributed by atoms with Crippen LogP contribution >= 0.6 is 11.9 Å². The van der Waals surface area contributed by atoms with Gasteiger partial charge in [-0.25, -0.2) is 4.31 Å². The molecule has 0 aromatic rings. The van der Waals surface area contributed by atoms with E-state index in [9.17, 15) is 9.59 Å². The Hall–Kier alpha value is -0.550. The summed E-state index contributed by atoms with van der Waals surface area (Å²) in [6, 6.07) is 0. The van der Waals surface area contributed by atoms with E-state index in [1.165, 1.54) is 16.3 Å². The molecule has 78 valence electrons. The third kappa shape index (κ3) is 2.09. The van der Waals surface area contributed by atoms with E-state index in [1.54, 1.807) is 0 Å². The minimum absolute atomic E-state index is 0.0357. The van der Waals surface area contributed by atoms with Crippen molar-refractivity contribution in [3.63, 3.8) is 0 Å². The van der Waals surface area contributed by atoms with E-state index >= 15 is 0 Å². The van der Waals surface area contributed by atoms with Crippen LogP contribution in [-0.2, 0) is 14.3 Å². The summed E-state index contributed by atoms with van der Waals surface area (Å²) in [6.07, 6.45) is 2.63. The molecule has 0 spiro atoms. The first-order valence-corrected chi connectivity index (χ1v) is 5.71. The van der Waals surface area contributed by atoms with Crippen molar-refractivity contribution >= 4 is 23.8 Å². The zero-order valence-electron chi connectivity index (χ0n) is 7.90. The van der Waals surface area contributed by atoms with Gasteiger partial charge in [0.25, 0.3) is 0 Å². The predicted octanol–water partition coefficient (Wildman–Crippen LogP) is 0.963. The second-order valence-corrected chi connectivity index (χ2v) is 4.74. The number of hydrogen-bond donors (Lipinski definition) is 0. The molecule has 0 unspecified atom stereocenters. The predicted molar refractivity (Wildman–Crippen MR) is 52.5 cm³/mol. The van der Waals surface area contributed by atoms with E-state index < -0.39 is 0 Å². The van der Waals surface area contributed by atoms with Crippen LogP contribution in [0.4, 0.5) is 0 Å². The Kier molecular flexibility index (Phi) is 3.08. The lowest BCUT2D eigenvalue weighted by Gasteiger charge is -2.24. The average molecular weight is 215 g/mol. The molecule has 14 heavy (non-hydrogen) atoms. The molecule has 2 rings (SSSR count). The Labute approximate surface area is 87.1 Å². The van der Waals surface area contributed by atoms with Crippen LogP contribution in [0.2, 0.25) is 0 Å². The summed E-state index contributed by atoms with van der Waals surface area (Å²) in [5.41, 5.74) is 0. The van der Waals surface area contributed by atoms with Crippen LogP contribution in [0.1, 0.15) is 25.7 Å². The van der Waals surface area contributed by atoms with Gasteiger partial charge in [-0.1, -0.05) is 0 Å². The average Bonchev–Trinajstić information content (AvgIpc) is 2.51. The van der Waals surface area contributed by atoms with Crippen LogP contribution in [0, 0.1) is 0 Å². The molecule has 2 heterocycles. The standard InChI is InChI=1S/C9H13NO3S/c11-8-1-2-9(12)10(8)14-7-3-5-13-6-4-7/h7H,1-6H2. The quantitative estimate of drug-likeness (QED) is 0.508. The van der Waals surface area contributed by atoms with Crippen LogP contribution < -0.4 is 0 Å². The number of rotatable bonds is 2. The van der Waals surface area contributed by atoms with Gasteiger partial charge in [0.05, 0.1) is 0 Å². The summed E-state index contributed by atoms with van der Waals surface area (Å²) < 4.78 is 6.56. The maximum Gasteiger partial charge on any atom is 0.239 e. The Morgan fingerprint density at radius 1 is 1.14 bits per heavy atom. The lowest BCUT2D eigenvalue weighted by atomic mass is 10.2. The van der Waals surface area contributed by atoms with Crippen molar-refractivity contribution in [2.75, 3.05) is 13.2 Å². The van der Waals surface area contributed by atoms with Crippen LogP contribution in [0.3, 0.4) is 0 Å². The SMILES string of the molecule is O=C1CCC(=O)N1SC1CCOCC1. The molecule has 2 amide bonds. The molecule has 0 saturated carbocycles. The monoisotopic (exact) mass is 215 g/mol. The van der Waals surface area contributed by atoms with Crippen LogP contribution in [0.25, 0.3) is 0 Å². The van der Waals surface area contributed by atoms with Gasteiger partial charge in [0.15, 0.2) is 0 Å². The van der Waals surface area contributed by atoms with Crippen LogP contribution in [0.15, 0.2) is 0 Å². The number of carbonyl (C=O) groups excluding carboxylic acids is 2. The highest BCUT2D eigenvalue weighted by Gasteiger charge is 2.32. The van der Waals surface area contributed by atoms with Gasteiger partial charge in [-0.05, 0) is 24.8 Å². The second-order valence-electron chi connectivity index (χ2n) is 3.50. The molecular formula is C9H13NO3S. The molecule has 2 aliphatic heterocycles. The molecule has 0 aliphatic carbocycles. The number of hydrogen-bond acceptors (Lipinski definition) is 4. The van der Waals surface area contributed by atoms with Crippen molar-refractivity contribution < 1.29 is 14.3 Å². The first-order chi connectivity index (χ1) is 6.77. The van der Waals surface area contributed by atoms with Crippen molar-refractivity contribution in [2.24, 2.45) is 0 Å². The number of nitrogens with zero attached hydrogens (tertiary/aromatic N) is 1. The third-order valence-corrected chi connectivity index (χ3v) is 3.82. The molecule has 0 radical (unpaired) electrons. The van der Waals surface area contributed by atoms with Gasteiger partial charge in [0.2, 0.25) is 11.8 Å². The van der Waals surface area contributed by atoms with Gasteiger partial charge in [-0.15, -0.1) is 0 Å².